The van der Waals surface area contributed by atoms with Gasteiger partial charge < -0.3 is 4.98 Å². The van der Waals surface area contributed by atoms with Gasteiger partial charge in [0, 0.05) is 0 Å². The Morgan fingerprint density at radius 3 is 2.25 bits per heavy atom. The molecule has 0 unspecified atom stereocenters. The van der Waals surface area contributed by atoms with Crippen LogP contribution in [0, 0.1) is 6.20 Å². The third kappa shape index (κ3) is 4.16. The van der Waals surface area contributed by atoms with Crippen molar-refractivity contribution < 1.29 is 29.5 Å². The number of rotatable bonds is 0. The molecule has 0 bridgehead atoms. The monoisotopic (exact) mass is 289 g/mol. The first kappa shape index (κ1) is 12.0. The second-order valence-corrected chi connectivity index (χ2v) is 1.66. The number of nitrogens with zero attached hydrogens (tertiary/aromatic N) is 1. The molecule has 0 spiro atoms. The van der Waals surface area contributed by atoms with Crippen molar-refractivity contribution in [1.82, 2.24) is 4.98 Å². The molecule has 0 radical (unpaired) electrons. The van der Waals surface area contributed by atoms with Crippen LogP contribution in [0.15, 0.2) is 18.3 Å². The van der Waals surface area contributed by atoms with E-state index in [-0.39, 0.29) is 0 Å². The van der Waals surface area contributed by atoms with E-state index in [1.165, 1.54) is 28.6 Å². The molecule has 1 rings (SSSR count). The molecule has 12 heavy (non-hydrogen) atoms. The van der Waals surface area contributed by atoms with Crippen LogP contribution in [-0.4, -0.2) is 4.98 Å². The Morgan fingerprint density at radius 2 is 2.00 bits per heavy atom. The number of hydrogen-bond donors (Lipinski definition) is 0. The van der Waals surface area contributed by atoms with Gasteiger partial charge in [0.2, 0.25) is 0 Å². The normalized spacial score (nSPS) is 10.2. The minimum atomic E-state index is -4.33. The van der Waals surface area contributed by atoms with Gasteiger partial charge in [-0.05, 0) is 5.56 Å². The molecule has 0 aliphatic heterocycles. The Kier molecular flexibility index (Phi) is 5.67. The van der Waals surface area contributed by atoms with Crippen LogP contribution in [0.3, 0.4) is 0 Å². The van der Waals surface area contributed by atoms with E-state index in [2.05, 4.69) is 18.6 Å². The van der Waals surface area contributed by atoms with Crippen LogP contribution >= 0.6 is 13.6 Å². The number of aromatic nitrogens is 1. The van der Waals surface area contributed by atoms with E-state index < -0.39 is 11.7 Å². The van der Waals surface area contributed by atoms with Crippen LogP contribution in [0.1, 0.15) is 5.56 Å². The summed E-state index contributed by atoms with van der Waals surface area (Å²) >= 11 is 4.25. The molecule has 0 atom stereocenters. The molecule has 0 saturated heterocycles. The van der Waals surface area contributed by atoms with E-state index in [1.807, 2.05) is 6.20 Å². The Balaban J connectivity index is 0.000000561. The van der Waals surface area contributed by atoms with Gasteiger partial charge in [0.05, 0.1) is 0 Å². The third-order valence-corrected chi connectivity index (χ3v) is 0.914. The van der Waals surface area contributed by atoms with Crippen molar-refractivity contribution in [1.29, 1.82) is 0 Å². The zero-order valence-corrected chi connectivity index (χ0v) is 10.5. The van der Waals surface area contributed by atoms with Crippen LogP contribution < -0.4 is 0 Å². The van der Waals surface area contributed by atoms with E-state index >= 15 is 0 Å². The van der Waals surface area contributed by atoms with Gasteiger partial charge in [-0.2, -0.15) is 25.3 Å². The summed E-state index contributed by atoms with van der Waals surface area (Å²) in [6.07, 6.45) is -1.25. The van der Waals surface area contributed by atoms with Crippen LogP contribution in [0.25, 0.3) is 0 Å². The summed E-state index contributed by atoms with van der Waals surface area (Å²) in [5.74, 6) is 0. The van der Waals surface area contributed by atoms with Gasteiger partial charge in [0.25, 0.3) is 0 Å². The molecule has 0 saturated carbocycles. The van der Waals surface area contributed by atoms with Gasteiger partial charge in [-0.3, -0.25) is 0 Å². The molecule has 1 heterocycles. The zero-order valence-electron chi connectivity index (χ0n) is 5.90. The molecular formula is C6H3BrF3NZn. The summed E-state index contributed by atoms with van der Waals surface area (Å²) in [5, 5.41) is 0. The predicted molar refractivity (Wildman–Crippen MR) is 37.0 cm³/mol. The van der Waals surface area contributed by atoms with Crippen LogP contribution in [0.5, 0.6) is 0 Å². The molecule has 0 fully saturated rings. The van der Waals surface area contributed by atoms with Crippen molar-refractivity contribution in [2.75, 3.05) is 0 Å². The molecule has 6 heteroatoms. The second kappa shape index (κ2) is 5.65. The van der Waals surface area contributed by atoms with Crippen molar-refractivity contribution >= 4 is 13.6 Å². The fraction of sp³-hybridized carbons (Fsp3) is 0.167. The van der Waals surface area contributed by atoms with Crippen LogP contribution in [-0.2, 0) is 22.5 Å². The molecule has 0 aliphatic rings. The van der Waals surface area contributed by atoms with E-state index in [1.54, 1.807) is 0 Å². The first-order chi connectivity index (χ1) is 5.61. The van der Waals surface area contributed by atoms with E-state index in [0.29, 0.717) is 0 Å². The van der Waals surface area contributed by atoms with Crippen molar-refractivity contribution in [2.24, 2.45) is 0 Å². The summed E-state index contributed by atoms with van der Waals surface area (Å²) in [4.78, 5) is 3.21. The molecule has 62 valence electrons. The van der Waals surface area contributed by atoms with Gasteiger partial charge in [-0.15, -0.1) is 0 Å². The zero-order chi connectivity index (χ0) is 9.61. The van der Waals surface area contributed by atoms with Crippen LogP contribution in [0.2, 0.25) is 0 Å². The van der Waals surface area contributed by atoms with Crippen molar-refractivity contribution in [3.8, 4) is 0 Å². The molecule has 0 N–H and O–H groups in total. The van der Waals surface area contributed by atoms with Gasteiger partial charge in [0.15, 0.2) is 0 Å². The van der Waals surface area contributed by atoms with Gasteiger partial charge in [0.1, 0.15) is 0 Å². The predicted octanol–water partition coefficient (Wildman–Crippen LogP) is 2.74. The number of pyridine rings is 1. The molecule has 0 amide bonds. The quantitative estimate of drug-likeness (QED) is 0.529. The number of hydrogen-bond acceptors (Lipinski definition) is 1. The average molecular weight is 291 g/mol. The first-order valence-corrected chi connectivity index (χ1v) is 9.72. The average Bonchev–Trinajstić information content (AvgIpc) is 2.08. The Hall–Kier alpha value is 0.0434. The Labute approximate surface area is 84.4 Å². The SMILES string of the molecule is FC(F)(F)c1[c-]nccc1.[Zn+][Br]. The van der Waals surface area contributed by atoms with Crippen molar-refractivity contribution in [3.05, 3.63) is 30.1 Å². The summed E-state index contributed by atoms with van der Waals surface area (Å²) in [6, 6.07) is 2.15. The number of alkyl halides is 3. The molecule has 1 aromatic rings. The molecule has 1 aromatic heterocycles. The Bertz CT molecular complexity index is 214. The summed E-state index contributed by atoms with van der Waals surface area (Å²) < 4.78 is 35.1. The molecule has 0 aromatic carbocycles. The van der Waals surface area contributed by atoms with Crippen LogP contribution in [0.4, 0.5) is 13.2 Å². The molecular weight excluding hydrogens is 288 g/mol. The van der Waals surface area contributed by atoms with Crippen molar-refractivity contribution in [3.63, 3.8) is 0 Å². The van der Waals surface area contributed by atoms with Gasteiger partial charge >= 0.3 is 36.1 Å². The Morgan fingerprint density at radius 1 is 1.42 bits per heavy atom. The maximum atomic E-state index is 11.7. The standard InChI is InChI=1S/C6H3F3N.BrH.Zn/c7-6(8,9)5-2-1-3-10-4-5;;/h1-3H;1H;/q-1;;+2/p-1. The second-order valence-electron chi connectivity index (χ2n) is 1.66. The van der Waals surface area contributed by atoms with Gasteiger partial charge in [-0.1, -0.05) is 12.4 Å². The van der Waals surface area contributed by atoms with Gasteiger partial charge in [-0.25, -0.2) is 0 Å². The summed E-state index contributed by atoms with van der Waals surface area (Å²) in [5.41, 5.74) is -0.838. The van der Waals surface area contributed by atoms with E-state index in [4.69, 9.17) is 0 Å². The summed E-state index contributed by atoms with van der Waals surface area (Å²) in [7, 11) is 0. The maximum absolute atomic E-state index is 11.7. The fourth-order valence-electron chi connectivity index (χ4n) is 0.484. The van der Waals surface area contributed by atoms with Crippen molar-refractivity contribution in [2.45, 2.75) is 6.18 Å². The first-order valence-electron chi connectivity index (χ1n) is 2.77. The molecule has 0 aliphatic carbocycles. The third-order valence-electron chi connectivity index (χ3n) is 0.914. The minimum absolute atomic E-state index is 0.838. The topological polar surface area (TPSA) is 12.9 Å². The fourth-order valence-corrected chi connectivity index (χ4v) is 0.484. The number of halogens is 4. The summed E-state index contributed by atoms with van der Waals surface area (Å²) in [6.45, 7) is 0. The van der Waals surface area contributed by atoms with E-state index in [9.17, 15) is 13.2 Å². The molecule has 1 nitrogen and oxygen atoms in total. The van der Waals surface area contributed by atoms with E-state index in [0.717, 1.165) is 6.07 Å².